The van der Waals surface area contributed by atoms with Gasteiger partial charge in [-0.25, -0.2) is 0 Å². The topological polar surface area (TPSA) is 62.1 Å². The van der Waals surface area contributed by atoms with Gasteiger partial charge in [-0.1, -0.05) is 0 Å². The third kappa shape index (κ3) is 5.00. The van der Waals surface area contributed by atoms with Gasteiger partial charge in [0.1, 0.15) is 11.6 Å². The molecule has 0 bridgehead atoms. The summed E-state index contributed by atoms with van der Waals surface area (Å²) in [6.07, 6.45) is 2.30. The van der Waals surface area contributed by atoms with E-state index in [2.05, 4.69) is 21.2 Å². The number of thiophene rings is 1. The molecule has 1 amide bonds. The fourth-order valence-electron chi connectivity index (χ4n) is 1.23. The molecule has 1 aromatic heterocycles. The molecule has 1 rings (SSSR count). The van der Waals surface area contributed by atoms with E-state index in [-0.39, 0.29) is 11.5 Å². The number of rotatable bonds is 6. The highest BCUT2D eigenvalue weighted by atomic mass is 79.9. The number of hydrogen-bond acceptors (Lipinski definition) is 4. The Morgan fingerprint density at radius 1 is 1.72 bits per heavy atom. The van der Waals surface area contributed by atoms with Gasteiger partial charge in [-0.15, -0.1) is 11.3 Å². The number of carbonyl (C=O) groups is 1. The van der Waals surface area contributed by atoms with Gasteiger partial charge < -0.3 is 10.1 Å². The van der Waals surface area contributed by atoms with E-state index in [0.29, 0.717) is 13.2 Å². The molecule has 0 aliphatic heterocycles. The molecule has 0 fully saturated rings. The van der Waals surface area contributed by atoms with Crippen molar-refractivity contribution < 1.29 is 9.53 Å². The average Bonchev–Trinajstić information content (AvgIpc) is 2.77. The Morgan fingerprint density at radius 2 is 2.50 bits per heavy atom. The first kappa shape index (κ1) is 14.9. The first-order valence-electron chi connectivity index (χ1n) is 5.30. The molecule has 6 heteroatoms. The Balaban J connectivity index is 2.58. The van der Waals surface area contributed by atoms with Gasteiger partial charge in [0.2, 0.25) is 0 Å². The summed E-state index contributed by atoms with van der Waals surface area (Å²) in [5, 5.41) is 13.5. The summed E-state index contributed by atoms with van der Waals surface area (Å²) in [4.78, 5) is 11.7. The SMILES string of the molecule is COCCCNC(=O)/C(C#N)=C/c1csc(Br)c1. The molecule has 18 heavy (non-hydrogen) atoms. The number of nitrogens with one attached hydrogen (secondary N) is 1. The lowest BCUT2D eigenvalue weighted by Crippen LogP contribution is -2.26. The van der Waals surface area contributed by atoms with Crippen LogP contribution in [0.1, 0.15) is 12.0 Å². The summed E-state index contributed by atoms with van der Waals surface area (Å²) in [6.45, 7) is 1.09. The quantitative estimate of drug-likeness (QED) is 0.496. The van der Waals surface area contributed by atoms with E-state index in [9.17, 15) is 4.79 Å². The van der Waals surface area contributed by atoms with Crippen molar-refractivity contribution in [3.63, 3.8) is 0 Å². The summed E-state index contributed by atoms with van der Waals surface area (Å²) < 4.78 is 5.84. The molecule has 96 valence electrons. The van der Waals surface area contributed by atoms with Gasteiger partial charge in [-0.3, -0.25) is 4.79 Å². The number of methoxy groups -OCH3 is 1. The van der Waals surface area contributed by atoms with Gasteiger partial charge in [0, 0.05) is 20.3 Å². The number of amides is 1. The van der Waals surface area contributed by atoms with Crippen LogP contribution in [0.2, 0.25) is 0 Å². The molecule has 1 N–H and O–H groups in total. The van der Waals surface area contributed by atoms with Crippen molar-refractivity contribution in [1.82, 2.24) is 5.32 Å². The number of nitriles is 1. The van der Waals surface area contributed by atoms with Gasteiger partial charge in [-0.05, 0) is 45.4 Å². The van der Waals surface area contributed by atoms with E-state index < -0.39 is 0 Å². The standard InChI is InChI=1S/C12H13BrN2O2S/c1-17-4-2-3-15-12(16)10(7-14)5-9-6-11(13)18-8-9/h5-6,8H,2-4H2,1H3,(H,15,16)/b10-5+. The van der Waals surface area contributed by atoms with Crippen LogP contribution in [0.5, 0.6) is 0 Å². The molecule has 0 atom stereocenters. The fourth-order valence-corrected chi connectivity index (χ4v) is 2.36. The number of carbonyl (C=O) groups excluding carboxylic acids is 1. The predicted molar refractivity (Wildman–Crippen MR) is 75.1 cm³/mol. The van der Waals surface area contributed by atoms with E-state index in [0.717, 1.165) is 15.8 Å². The maximum atomic E-state index is 11.7. The van der Waals surface area contributed by atoms with Crippen molar-refractivity contribution in [3.05, 3.63) is 26.4 Å². The normalized spacial score (nSPS) is 11.1. The second kappa shape index (κ2) is 8.03. The van der Waals surface area contributed by atoms with Crippen molar-refractivity contribution in [2.45, 2.75) is 6.42 Å². The minimum atomic E-state index is -0.351. The summed E-state index contributed by atoms with van der Waals surface area (Å²) in [5.74, 6) is -0.351. The van der Waals surface area contributed by atoms with Crippen LogP contribution in [0.3, 0.4) is 0 Å². The lowest BCUT2D eigenvalue weighted by atomic mass is 10.2. The van der Waals surface area contributed by atoms with Crippen LogP contribution < -0.4 is 5.32 Å². The van der Waals surface area contributed by atoms with E-state index in [1.54, 1.807) is 13.2 Å². The van der Waals surface area contributed by atoms with Crippen LogP contribution in [0.25, 0.3) is 6.08 Å². The molecule has 4 nitrogen and oxygen atoms in total. The lowest BCUT2D eigenvalue weighted by Gasteiger charge is -2.03. The van der Waals surface area contributed by atoms with Crippen LogP contribution in [0.4, 0.5) is 0 Å². The Kier molecular flexibility index (Phi) is 6.65. The lowest BCUT2D eigenvalue weighted by molar-refractivity contribution is -0.117. The Labute approximate surface area is 118 Å². The third-order valence-corrected chi connectivity index (χ3v) is 3.60. The number of halogens is 1. The monoisotopic (exact) mass is 328 g/mol. The molecule has 1 heterocycles. The van der Waals surface area contributed by atoms with Crippen LogP contribution in [-0.4, -0.2) is 26.2 Å². The Hall–Kier alpha value is -1.16. The Bertz CT molecular complexity index is 477. The molecule has 0 radical (unpaired) electrons. The molecular weight excluding hydrogens is 316 g/mol. The molecular formula is C12H13BrN2O2S. The first-order valence-corrected chi connectivity index (χ1v) is 6.97. The van der Waals surface area contributed by atoms with Gasteiger partial charge in [-0.2, -0.15) is 5.26 Å². The largest absolute Gasteiger partial charge is 0.385 e. The van der Waals surface area contributed by atoms with Crippen molar-refractivity contribution in [3.8, 4) is 6.07 Å². The molecule has 0 aliphatic carbocycles. The van der Waals surface area contributed by atoms with Crippen molar-refractivity contribution in [2.24, 2.45) is 0 Å². The number of hydrogen-bond donors (Lipinski definition) is 1. The van der Waals surface area contributed by atoms with E-state index in [4.69, 9.17) is 10.00 Å². The zero-order chi connectivity index (χ0) is 13.4. The molecule has 0 spiro atoms. The highest BCUT2D eigenvalue weighted by Crippen LogP contribution is 2.22. The minimum absolute atomic E-state index is 0.109. The smallest absolute Gasteiger partial charge is 0.261 e. The molecule has 0 saturated carbocycles. The first-order chi connectivity index (χ1) is 8.67. The molecule has 0 saturated heterocycles. The summed E-state index contributed by atoms with van der Waals surface area (Å²) >= 11 is 4.84. The zero-order valence-electron chi connectivity index (χ0n) is 9.90. The second-order valence-electron chi connectivity index (χ2n) is 3.46. The highest BCUT2D eigenvalue weighted by molar-refractivity contribution is 9.11. The van der Waals surface area contributed by atoms with E-state index in [1.165, 1.54) is 11.3 Å². The average molecular weight is 329 g/mol. The maximum absolute atomic E-state index is 11.7. The van der Waals surface area contributed by atoms with Crippen LogP contribution in [-0.2, 0) is 9.53 Å². The molecule has 0 unspecified atom stereocenters. The maximum Gasteiger partial charge on any atom is 0.261 e. The summed E-state index contributed by atoms with van der Waals surface area (Å²) in [7, 11) is 1.61. The highest BCUT2D eigenvalue weighted by Gasteiger charge is 2.08. The Morgan fingerprint density at radius 3 is 3.06 bits per heavy atom. The fraction of sp³-hybridized carbons (Fsp3) is 0.333. The number of nitrogens with zero attached hydrogens (tertiary/aromatic N) is 1. The number of ether oxygens (including phenoxy) is 1. The van der Waals surface area contributed by atoms with Gasteiger partial charge in [0.05, 0.1) is 3.79 Å². The van der Waals surface area contributed by atoms with E-state index in [1.807, 2.05) is 17.5 Å². The van der Waals surface area contributed by atoms with Crippen molar-refractivity contribution >= 4 is 39.2 Å². The molecule has 1 aromatic rings. The second-order valence-corrected chi connectivity index (χ2v) is 5.75. The van der Waals surface area contributed by atoms with Gasteiger partial charge in [0.25, 0.3) is 5.91 Å². The minimum Gasteiger partial charge on any atom is -0.385 e. The van der Waals surface area contributed by atoms with Crippen LogP contribution in [0.15, 0.2) is 20.8 Å². The zero-order valence-corrected chi connectivity index (χ0v) is 12.3. The van der Waals surface area contributed by atoms with E-state index >= 15 is 0 Å². The van der Waals surface area contributed by atoms with Crippen molar-refractivity contribution in [1.29, 1.82) is 5.26 Å². The van der Waals surface area contributed by atoms with Gasteiger partial charge in [0.15, 0.2) is 0 Å². The van der Waals surface area contributed by atoms with Gasteiger partial charge >= 0.3 is 0 Å². The van der Waals surface area contributed by atoms with Crippen LogP contribution >= 0.6 is 27.3 Å². The summed E-state index contributed by atoms with van der Waals surface area (Å²) in [5.41, 5.74) is 0.952. The predicted octanol–water partition coefficient (Wildman–Crippen LogP) is 2.57. The summed E-state index contributed by atoms with van der Waals surface area (Å²) in [6, 6.07) is 3.77. The third-order valence-electron chi connectivity index (χ3n) is 2.07. The molecule has 0 aliphatic rings. The van der Waals surface area contributed by atoms with Crippen LogP contribution in [0, 0.1) is 11.3 Å². The van der Waals surface area contributed by atoms with Crippen molar-refractivity contribution in [2.75, 3.05) is 20.3 Å². The molecule has 0 aromatic carbocycles.